The van der Waals surface area contributed by atoms with Crippen LogP contribution >= 0.6 is 0 Å². The standard InChI is InChI=1S/C15H15F2N3O/c1-20-8-11(13(19-20)14(16)17)15(21)18-12-7-3-5-9-4-2-6-10(9)12/h3,5,7-8,14H,2,4,6H2,1H3,(H,18,21). The molecule has 1 aliphatic rings. The summed E-state index contributed by atoms with van der Waals surface area (Å²) in [7, 11) is 1.52. The molecule has 0 saturated heterocycles. The second kappa shape index (κ2) is 5.27. The average molecular weight is 291 g/mol. The van der Waals surface area contributed by atoms with E-state index >= 15 is 0 Å². The van der Waals surface area contributed by atoms with Crippen LogP contribution < -0.4 is 5.32 Å². The SMILES string of the molecule is Cn1cc(C(=O)Nc2cccc3c2CCC3)c(C(F)F)n1. The van der Waals surface area contributed by atoms with Gasteiger partial charge in [0.2, 0.25) is 0 Å². The summed E-state index contributed by atoms with van der Waals surface area (Å²) >= 11 is 0. The molecule has 1 aromatic carbocycles. The van der Waals surface area contributed by atoms with Crippen molar-refractivity contribution >= 4 is 11.6 Å². The molecule has 0 radical (unpaired) electrons. The molecule has 0 spiro atoms. The maximum absolute atomic E-state index is 12.9. The molecule has 6 heteroatoms. The van der Waals surface area contributed by atoms with E-state index in [2.05, 4.69) is 10.4 Å². The van der Waals surface area contributed by atoms with Gasteiger partial charge in [-0.1, -0.05) is 12.1 Å². The number of rotatable bonds is 3. The monoisotopic (exact) mass is 291 g/mol. The third-order valence-corrected chi connectivity index (χ3v) is 3.70. The fraction of sp³-hybridized carbons (Fsp3) is 0.333. The first-order valence-electron chi connectivity index (χ1n) is 6.80. The second-order valence-electron chi connectivity index (χ2n) is 5.15. The largest absolute Gasteiger partial charge is 0.322 e. The lowest BCUT2D eigenvalue weighted by atomic mass is 10.1. The Hall–Kier alpha value is -2.24. The molecule has 110 valence electrons. The van der Waals surface area contributed by atoms with E-state index in [4.69, 9.17) is 0 Å². The summed E-state index contributed by atoms with van der Waals surface area (Å²) in [5.74, 6) is -0.543. The fourth-order valence-corrected chi connectivity index (χ4v) is 2.77. The molecule has 1 amide bonds. The van der Waals surface area contributed by atoms with Gasteiger partial charge in [0.1, 0.15) is 5.69 Å². The number of anilines is 1. The van der Waals surface area contributed by atoms with Crippen LogP contribution in [-0.4, -0.2) is 15.7 Å². The Morgan fingerprint density at radius 2 is 2.19 bits per heavy atom. The molecule has 1 aliphatic carbocycles. The second-order valence-corrected chi connectivity index (χ2v) is 5.15. The number of nitrogens with zero attached hydrogens (tertiary/aromatic N) is 2. The van der Waals surface area contributed by atoms with Gasteiger partial charge < -0.3 is 5.32 Å². The van der Waals surface area contributed by atoms with E-state index < -0.39 is 18.0 Å². The zero-order valence-electron chi connectivity index (χ0n) is 11.6. The van der Waals surface area contributed by atoms with Gasteiger partial charge in [0.15, 0.2) is 0 Å². The summed E-state index contributed by atoms with van der Waals surface area (Å²) in [6.45, 7) is 0. The van der Waals surface area contributed by atoms with Crippen LogP contribution in [0.5, 0.6) is 0 Å². The van der Waals surface area contributed by atoms with Crippen LogP contribution in [0.15, 0.2) is 24.4 Å². The molecular formula is C15H15F2N3O. The smallest absolute Gasteiger partial charge is 0.282 e. The van der Waals surface area contributed by atoms with Gasteiger partial charge in [0.25, 0.3) is 12.3 Å². The van der Waals surface area contributed by atoms with Crippen molar-refractivity contribution in [3.63, 3.8) is 0 Å². The first-order valence-corrected chi connectivity index (χ1v) is 6.80. The number of aromatic nitrogens is 2. The van der Waals surface area contributed by atoms with E-state index in [0.717, 1.165) is 24.8 Å². The lowest BCUT2D eigenvalue weighted by Gasteiger charge is -2.10. The first kappa shape index (κ1) is 13.7. The minimum Gasteiger partial charge on any atom is -0.322 e. The summed E-state index contributed by atoms with van der Waals surface area (Å²) in [6, 6.07) is 5.71. The van der Waals surface area contributed by atoms with Crippen molar-refractivity contribution < 1.29 is 13.6 Å². The van der Waals surface area contributed by atoms with Gasteiger partial charge in [-0.3, -0.25) is 9.48 Å². The third-order valence-electron chi connectivity index (χ3n) is 3.70. The van der Waals surface area contributed by atoms with Crippen molar-refractivity contribution in [1.29, 1.82) is 0 Å². The summed E-state index contributed by atoms with van der Waals surface area (Å²) in [5.41, 5.74) is 2.46. The topological polar surface area (TPSA) is 46.9 Å². The molecule has 3 rings (SSSR count). The number of alkyl halides is 2. The van der Waals surface area contributed by atoms with E-state index in [9.17, 15) is 13.6 Å². The van der Waals surface area contributed by atoms with Crippen LogP contribution in [0, 0.1) is 0 Å². The molecule has 0 atom stereocenters. The number of hydrogen-bond acceptors (Lipinski definition) is 2. The number of aryl methyl sites for hydroxylation is 2. The number of benzene rings is 1. The molecule has 4 nitrogen and oxygen atoms in total. The molecule has 1 heterocycles. The Morgan fingerprint density at radius 1 is 1.38 bits per heavy atom. The van der Waals surface area contributed by atoms with Crippen molar-refractivity contribution in [2.24, 2.45) is 7.05 Å². The number of carbonyl (C=O) groups excluding carboxylic acids is 1. The van der Waals surface area contributed by atoms with Gasteiger partial charge in [-0.2, -0.15) is 5.10 Å². The highest BCUT2D eigenvalue weighted by Crippen LogP contribution is 2.29. The Balaban J connectivity index is 1.89. The molecular weight excluding hydrogens is 276 g/mol. The molecule has 1 aromatic heterocycles. The number of carbonyl (C=O) groups is 1. The van der Waals surface area contributed by atoms with Crippen LogP contribution in [0.2, 0.25) is 0 Å². The van der Waals surface area contributed by atoms with Gasteiger partial charge in [-0.15, -0.1) is 0 Å². The highest BCUT2D eigenvalue weighted by Gasteiger charge is 2.24. The number of amides is 1. The van der Waals surface area contributed by atoms with Crippen molar-refractivity contribution in [3.8, 4) is 0 Å². The molecule has 0 fully saturated rings. The van der Waals surface area contributed by atoms with Crippen molar-refractivity contribution in [1.82, 2.24) is 9.78 Å². The number of hydrogen-bond donors (Lipinski definition) is 1. The third kappa shape index (κ3) is 2.53. The Morgan fingerprint density at radius 3 is 2.95 bits per heavy atom. The van der Waals surface area contributed by atoms with Gasteiger partial charge in [0, 0.05) is 18.9 Å². The van der Waals surface area contributed by atoms with Gasteiger partial charge in [-0.05, 0) is 36.5 Å². The lowest BCUT2D eigenvalue weighted by molar-refractivity contribution is 0.101. The van der Waals surface area contributed by atoms with Crippen molar-refractivity contribution in [3.05, 3.63) is 46.8 Å². The van der Waals surface area contributed by atoms with Gasteiger partial charge >= 0.3 is 0 Å². The zero-order valence-corrected chi connectivity index (χ0v) is 11.6. The Bertz CT molecular complexity index is 694. The van der Waals surface area contributed by atoms with Crippen LogP contribution in [0.25, 0.3) is 0 Å². The highest BCUT2D eigenvalue weighted by molar-refractivity contribution is 6.05. The molecule has 2 aromatic rings. The molecule has 0 bridgehead atoms. The number of halogens is 2. The van der Waals surface area contributed by atoms with E-state index in [1.165, 1.54) is 23.5 Å². The van der Waals surface area contributed by atoms with Gasteiger partial charge in [-0.25, -0.2) is 8.78 Å². The van der Waals surface area contributed by atoms with Crippen LogP contribution in [0.1, 0.15) is 40.0 Å². The quantitative estimate of drug-likeness (QED) is 0.944. The molecule has 1 N–H and O–H groups in total. The number of nitrogens with one attached hydrogen (secondary N) is 1. The molecule has 0 unspecified atom stereocenters. The maximum Gasteiger partial charge on any atom is 0.282 e. The lowest BCUT2D eigenvalue weighted by Crippen LogP contribution is -2.14. The van der Waals surface area contributed by atoms with Crippen molar-refractivity contribution in [2.75, 3.05) is 5.32 Å². The van der Waals surface area contributed by atoms with Gasteiger partial charge in [0.05, 0.1) is 5.56 Å². The van der Waals surface area contributed by atoms with E-state index in [1.54, 1.807) is 6.07 Å². The summed E-state index contributed by atoms with van der Waals surface area (Å²) < 4.78 is 27.0. The minimum absolute atomic E-state index is 0.0805. The van der Waals surface area contributed by atoms with E-state index in [1.807, 2.05) is 12.1 Å². The first-order chi connectivity index (χ1) is 10.1. The number of fused-ring (bicyclic) bond motifs is 1. The average Bonchev–Trinajstić information content (AvgIpc) is 3.05. The molecule has 0 aliphatic heterocycles. The summed E-state index contributed by atoms with van der Waals surface area (Å²) in [5, 5.41) is 6.39. The predicted octanol–water partition coefficient (Wildman–Crippen LogP) is 3.10. The summed E-state index contributed by atoms with van der Waals surface area (Å²) in [4.78, 5) is 12.3. The van der Waals surface area contributed by atoms with Crippen LogP contribution in [0.4, 0.5) is 14.5 Å². The van der Waals surface area contributed by atoms with Crippen LogP contribution in [-0.2, 0) is 19.9 Å². The molecule has 0 saturated carbocycles. The Labute approximate surface area is 120 Å². The van der Waals surface area contributed by atoms with Crippen molar-refractivity contribution in [2.45, 2.75) is 25.7 Å². The highest BCUT2D eigenvalue weighted by atomic mass is 19.3. The summed E-state index contributed by atoms with van der Waals surface area (Å²) in [6.07, 6.45) is 1.50. The fourth-order valence-electron chi connectivity index (χ4n) is 2.77. The Kier molecular flexibility index (Phi) is 3.45. The maximum atomic E-state index is 12.9. The molecule has 21 heavy (non-hydrogen) atoms. The minimum atomic E-state index is -2.77. The van der Waals surface area contributed by atoms with E-state index in [-0.39, 0.29) is 5.56 Å². The zero-order chi connectivity index (χ0) is 15.0. The van der Waals surface area contributed by atoms with Crippen LogP contribution in [0.3, 0.4) is 0 Å². The van der Waals surface area contributed by atoms with E-state index in [0.29, 0.717) is 5.69 Å². The normalized spacial score (nSPS) is 13.5. The predicted molar refractivity (Wildman–Crippen MR) is 74.6 cm³/mol.